The fraction of sp³-hybridized carbons (Fsp3) is 0.484. The first-order valence-electron chi connectivity index (χ1n) is 13.2. The lowest BCUT2D eigenvalue weighted by atomic mass is 9.62. The number of fused-ring (bicyclic) bond motifs is 2. The average Bonchev–Trinajstić information content (AvgIpc) is 3.08. The molecule has 2 saturated heterocycles. The Balaban J connectivity index is 1.18. The number of carbonyl (C=O) groups is 2. The zero-order valence-electron chi connectivity index (χ0n) is 21.7. The van der Waals surface area contributed by atoms with E-state index in [4.69, 9.17) is 0 Å². The molecule has 2 aromatic rings. The highest BCUT2D eigenvalue weighted by molar-refractivity contribution is 6.04. The maximum Gasteiger partial charge on any atom is 0.236 e. The van der Waals surface area contributed by atoms with Gasteiger partial charge in [-0.2, -0.15) is 0 Å². The van der Waals surface area contributed by atoms with Crippen LogP contribution in [0.2, 0.25) is 0 Å². The first-order valence-corrected chi connectivity index (χ1v) is 13.2. The van der Waals surface area contributed by atoms with Crippen LogP contribution in [-0.2, 0) is 9.59 Å². The Hall–Kier alpha value is -2.94. The standard InChI is InChI=1S/C31H37N3O2/c1-30(2)26-16-17-31(30,3)29(36)34(28(26)35)19-11-10-18-32-20-22-33(23-21-32)27(24-12-6-4-7-13-24)25-14-8-5-9-15-25/h4-9,12-15,26-27H,16-23H2,1-3H3. The third-order valence-corrected chi connectivity index (χ3v) is 9.18. The summed E-state index contributed by atoms with van der Waals surface area (Å²) >= 11 is 0. The van der Waals surface area contributed by atoms with Crippen molar-refractivity contribution in [3.8, 4) is 11.8 Å². The zero-order valence-corrected chi connectivity index (χ0v) is 21.7. The zero-order chi connectivity index (χ0) is 25.3. The van der Waals surface area contributed by atoms with E-state index in [9.17, 15) is 9.59 Å². The summed E-state index contributed by atoms with van der Waals surface area (Å²) < 4.78 is 0. The number of hydrogen-bond acceptors (Lipinski definition) is 4. The Kier molecular flexibility index (Phi) is 6.76. The van der Waals surface area contributed by atoms with E-state index in [0.717, 1.165) is 39.0 Å². The van der Waals surface area contributed by atoms with E-state index in [2.05, 4.69) is 96.2 Å². The van der Waals surface area contributed by atoms with Crippen LogP contribution < -0.4 is 0 Å². The van der Waals surface area contributed by atoms with E-state index in [1.165, 1.54) is 16.0 Å². The molecule has 1 saturated carbocycles. The second-order valence-corrected chi connectivity index (χ2v) is 11.3. The van der Waals surface area contributed by atoms with Crippen molar-refractivity contribution in [2.24, 2.45) is 16.7 Å². The number of benzene rings is 2. The lowest BCUT2D eigenvalue weighted by Gasteiger charge is -2.47. The first kappa shape index (κ1) is 24.7. The highest BCUT2D eigenvalue weighted by atomic mass is 16.2. The van der Waals surface area contributed by atoms with Crippen LogP contribution in [-0.4, -0.2) is 65.8 Å². The van der Waals surface area contributed by atoms with Crippen molar-refractivity contribution in [3.63, 3.8) is 0 Å². The molecule has 2 heterocycles. The Bertz CT molecular complexity index is 1120. The number of hydrogen-bond donors (Lipinski definition) is 0. The monoisotopic (exact) mass is 483 g/mol. The molecule has 0 spiro atoms. The van der Waals surface area contributed by atoms with Crippen molar-refractivity contribution in [3.05, 3.63) is 71.8 Å². The maximum absolute atomic E-state index is 13.2. The molecule has 5 rings (SSSR count). The van der Waals surface area contributed by atoms with Crippen molar-refractivity contribution in [1.82, 2.24) is 14.7 Å². The number of carbonyl (C=O) groups excluding carboxylic acids is 2. The van der Waals surface area contributed by atoms with E-state index in [0.29, 0.717) is 6.54 Å². The predicted molar refractivity (Wildman–Crippen MR) is 142 cm³/mol. The quantitative estimate of drug-likeness (QED) is 0.472. The van der Waals surface area contributed by atoms with Crippen LogP contribution in [0.5, 0.6) is 0 Å². The van der Waals surface area contributed by atoms with Crippen molar-refractivity contribution in [2.45, 2.75) is 39.7 Å². The Labute approximate surface area is 215 Å². The third kappa shape index (κ3) is 4.27. The van der Waals surface area contributed by atoms with Crippen molar-refractivity contribution in [2.75, 3.05) is 39.3 Å². The molecule has 0 radical (unpaired) electrons. The molecule has 188 valence electrons. The summed E-state index contributed by atoms with van der Waals surface area (Å²) in [6, 6.07) is 21.7. The summed E-state index contributed by atoms with van der Waals surface area (Å²) in [6.45, 7) is 10.9. The summed E-state index contributed by atoms with van der Waals surface area (Å²) in [5, 5.41) is 0. The minimum absolute atomic E-state index is 0.0317. The summed E-state index contributed by atoms with van der Waals surface area (Å²) in [5.41, 5.74) is 1.90. The fourth-order valence-corrected chi connectivity index (χ4v) is 6.42. The van der Waals surface area contributed by atoms with Crippen LogP contribution in [0.15, 0.2) is 60.7 Å². The van der Waals surface area contributed by atoms with E-state index >= 15 is 0 Å². The van der Waals surface area contributed by atoms with E-state index in [1.54, 1.807) is 0 Å². The molecule has 0 N–H and O–H groups in total. The van der Waals surface area contributed by atoms with Crippen molar-refractivity contribution < 1.29 is 9.59 Å². The van der Waals surface area contributed by atoms with Gasteiger partial charge in [0.15, 0.2) is 0 Å². The van der Waals surface area contributed by atoms with Gasteiger partial charge in [-0.05, 0) is 29.4 Å². The molecule has 2 aliphatic heterocycles. The number of piperazine rings is 1. The van der Waals surface area contributed by atoms with E-state index in [1.807, 2.05) is 6.92 Å². The van der Waals surface area contributed by atoms with Gasteiger partial charge in [0.05, 0.1) is 24.5 Å². The molecule has 2 atom stereocenters. The second kappa shape index (κ2) is 9.84. The molecule has 2 unspecified atom stereocenters. The molecule has 5 heteroatoms. The molecular formula is C31H37N3O2. The molecule has 2 aromatic carbocycles. The van der Waals surface area contributed by atoms with Gasteiger partial charge in [0.25, 0.3) is 0 Å². The highest BCUT2D eigenvalue weighted by Gasteiger charge is 2.64. The number of likely N-dealkylation sites (tertiary alicyclic amines) is 1. The first-order chi connectivity index (χ1) is 17.3. The van der Waals surface area contributed by atoms with Gasteiger partial charge < -0.3 is 0 Å². The summed E-state index contributed by atoms with van der Waals surface area (Å²) in [5.74, 6) is 6.24. The van der Waals surface area contributed by atoms with Gasteiger partial charge in [-0.15, -0.1) is 0 Å². The molecule has 1 aliphatic carbocycles. The van der Waals surface area contributed by atoms with E-state index in [-0.39, 0.29) is 35.7 Å². The van der Waals surface area contributed by atoms with Crippen molar-refractivity contribution >= 4 is 11.8 Å². The molecule has 3 aliphatic rings. The van der Waals surface area contributed by atoms with Crippen LogP contribution in [0.3, 0.4) is 0 Å². The number of nitrogens with zero attached hydrogens (tertiary/aromatic N) is 3. The van der Waals surface area contributed by atoms with Gasteiger partial charge in [0.2, 0.25) is 11.8 Å². The van der Waals surface area contributed by atoms with Gasteiger partial charge in [0, 0.05) is 32.1 Å². The van der Waals surface area contributed by atoms with Crippen molar-refractivity contribution in [1.29, 1.82) is 0 Å². The topological polar surface area (TPSA) is 43.9 Å². The number of rotatable bonds is 5. The highest BCUT2D eigenvalue weighted by Crippen LogP contribution is 2.59. The summed E-state index contributed by atoms with van der Waals surface area (Å²) in [7, 11) is 0. The summed E-state index contributed by atoms with van der Waals surface area (Å²) in [4.78, 5) is 32.5. The molecule has 36 heavy (non-hydrogen) atoms. The van der Waals surface area contributed by atoms with Crippen LogP contribution in [0, 0.1) is 28.6 Å². The Morgan fingerprint density at radius 1 is 0.833 bits per heavy atom. The molecule has 0 aromatic heterocycles. The van der Waals surface area contributed by atoms with Gasteiger partial charge in [0.1, 0.15) is 0 Å². The SMILES string of the molecule is CC12CCC(C(=O)N(CC#CCN3CCN(C(c4ccccc4)c4ccccc4)CC3)C1=O)C2(C)C. The average molecular weight is 484 g/mol. The van der Waals surface area contributed by atoms with E-state index < -0.39 is 5.41 Å². The minimum atomic E-state index is -0.461. The second-order valence-electron chi connectivity index (χ2n) is 11.3. The van der Waals surface area contributed by atoms with Crippen LogP contribution in [0.1, 0.15) is 50.8 Å². The van der Waals surface area contributed by atoms with Gasteiger partial charge in [-0.25, -0.2) is 0 Å². The molecule has 2 amide bonds. The third-order valence-electron chi connectivity index (χ3n) is 9.18. The van der Waals surface area contributed by atoms with Crippen LogP contribution >= 0.6 is 0 Å². The Morgan fingerprint density at radius 3 is 1.97 bits per heavy atom. The van der Waals surface area contributed by atoms with Crippen LogP contribution in [0.4, 0.5) is 0 Å². The van der Waals surface area contributed by atoms with Crippen LogP contribution in [0.25, 0.3) is 0 Å². The molecule has 3 fully saturated rings. The number of imide groups is 1. The molecule has 5 nitrogen and oxygen atoms in total. The smallest absolute Gasteiger partial charge is 0.236 e. The number of amides is 2. The number of piperidine rings is 1. The lowest BCUT2D eigenvalue weighted by molar-refractivity contribution is -0.166. The minimum Gasteiger partial charge on any atom is -0.290 e. The van der Waals surface area contributed by atoms with Gasteiger partial charge >= 0.3 is 0 Å². The fourth-order valence-electron chi connectivity index (χ4n) is 6.42. The molecular weight excluding hydrogens is 446 g/mol. The normalized spacial score (nSPS) is 26.2. The Morgan fingerprint density at radius 2 is 1.39 bits per heavy atom. The largest absolute Gasteiger partial charge is 0.290 e. The molecule has 2 bridgehead atoms. The summed E-state index contributed by atoms with van der Waals surface area (Å²) in [6.07, 6.45) is 1.59. The van der Waals surface area contributed by atoms with Gasteiger partial charge in [-0.1, -0.05) is 93.3 Å². The van der Waals surface area contributed by atoms with Gasteiger partial charge in [-0.3, -0.25) is 24.3 Å². The predicted octanol–water partition coefficient (Wildman–Crippen LogP) is 4.21. The lowest BCUT2D eigenvalue weighted by Crippen LogP contribution is -2.59. The maximum atomic E-state index is 13.2.